The molecule has 3 unspecified atom stereocenters. The Morgan fingerprint density at radius 3 is 2.70 bits per heavy atom. The minimum atomic E-state index is 0.396. The molecule has 1 aliphatic carbocycles. The molecule has 2 aromatic rings. The van der Waals surface area contributed by atoms with Crippen LogP contribution in [0.3, 0.4) is 0 Å². The number of hydrogen-bond acceptors (Lipinski definition) is 4. The fraction of sp³-hybridized carbons (Fsp3) is 0.533. The molecule has 0 spiro atoms. The molecule has 1 saturated carbocycles. The molecule has 5 heteroatoms. The van der Waals surface area contributed by atoms with Gasteiger partial charge < -0.3 is 5.73 Å². The highest BCUT2D eigenvalue weighted by molar-refractivity contribution is 5.61. The molecule has 1 heterocycles. The maximum absolute atomic E-state index is 5.88. The first kappa shape index (κ1) is 13.1. The number of aryl methyl sites for hydroxylation is 1. The van der Waals surface area contributed by atoms with Crippen LogP contribution in [0.2, 0.25) is 0 Å². The molecule has 2 N–H and O–H groups in total. The van der Waals surface area contributed by atoms with Crippen LogP contribution in [0.25, 0.3) is 11.4 Å². The van der Waals surface area contributed by atoms with Gasteiger partial charge in [0.15, 0.2) is 5.82 Å². The van der Waals surface area contributed by atoms with Crippen molar-refractivity contribution in [3.8, 4) is 11.4 Å². The first-order chi connectivity index (χ1) is 9.58. The topological polar surface area (TPSA) is 69.6 Å². The lowest BCUT2D eigenvalue weighted by atomic mass is 9.97. The fourth-order valence-corrected chi connectivity index (χ4v) is 3.11. The molecule has 20 heavy (non-hydrogen) atoms. The highest BCUT2D eigenvalue weighted by atomic mass is 15.6. The second-order valence-electron chi connectivity index (χ2n) is 6.00. The van der Waals surface area contributed by atoms with Crippen molar-refractivity contribution in [1.82, 2.24) is 20.2 Å². The molecule has 0 saturated heterocycles. The number of hydrogen-bond donors (Lipinski definition) is 1. The van der Waals surface area contributed by atoms with E-state index in [1.807, 2.05) is 23.7 Å². The van der Waals surface area contributed by atoms with E-state index in [1.54, 1.807) is 0 Å². The Hall–Kier alpha value is -1.91. The smallest absolute Gasteiger partial charge is 0.182 e. The summed E-state index contributed by atoms with van der Waals surface area (Å²) in [7, 11) is 0. The molecule has 106 valence electrons. The molecule has 5 nitrogen and oxygen atoms in total. The largest absolute Gasteiger partial charge is 0.399 e. The van der Waals surface area contributed by atoms with Crippen molar-refractivity contribution in [2.24, 2.45) is 11.8 Å². The monoisotopic (exact) mass is 271 g/mol. The van der Waals surface area contributed by atoms with E-state index in [1.165, 1.54) is 6.42 Å². The van der Waals surface area contributed by atoms with Crippen molar-refractivity contribution in [3.63, 3.8) is 0 Å². The first-order valence-corrected chi connectivity index (χ1v) is 7.22. The zero-order chi connectivity index (χ0) is 14.3. The van der Waals surface area contributed by atoms with Crippen LogP contribution in [0.1, 0.15) is 38.3 Å². The van der Waals surface area contributed by atoms with E-state index >= 15 is 0 Å². The van der Waals surface area contributed by atoms with Gasteiger partial charge in [0.25, 0.3) is 0 Å². The number of rotatable bonds is 2. The van der Waals surface area contributed by atoms with Crippen LogP contribution < -0.4 is 5.73 Å². The number of tetrazole rings is 1. The summed E-state index contributed by atoms with van der Waals surface area (Å²) >= 11 is 0. The predicted molar refractivity (Wildman–Crippen MR) is 79.0 cm³/mol. The van der Waals surface area contributed by atoms with Crippen molar-refractivity contribution in [2.75, 3.05) is 5.73 Å². The second-order valence-corrected chi connectivity index (χ2v) is 6.00. The van der Waals surface area contributed by atoms with Gasteiger partial charge in [0.05, 0.1) is 6.04 Å². The van der Waals surface area contributed by atoms with Crippen molar-refractivity contribution in [2.45, 2.75) is 39.7 Å². The van der Waals surface area contributed by atoms with Gasteiger partial charge in [0.1, 0.15) is 0 Å². The van der Waals surface area contributed by atoms with E-state index in [4.69, 9.17) is 5.73 Å². The summed E-state index contributed by atoms with van der Waals surface area (Å²) in [6.07, 6.45) is 2.39. The Morgan fingerprint density at radius 2 is 2.05 bits per heavy atom. The zero-order valence-electron chi connectivity index (χ0n) is 12.2. The molecule has 0 bridgehead atoms. The van der Waals surface area contributed by atoms with Gasteiger partial charge in [-0.3, -0.25) is 0 Å². The van der Waals surface area contributed by atoms with E-state index in [-0.39, 0.29) is 0 Å². The van der Waals surface area contributed by atoms with Crippen molar-refractivity contribution < 1.29 is 0 Å². The Balaban J connectivity index is 2.00. The lowest BCUT2D eigenvalue weighted by Gasteiger charge is -2.19. The summed E-state index contributed by atoms with van der Waals surface area (Å²) in [5.74, 6) is 2.18. The number of nitrogen functional groups attached to an aromatic ring is 1. The SMILES string of the molecule is Cc1cc(-c2nnnn2C2CCC(C)C2C)ccc1N. The molecular formula is C15H21N5. The molecule has 1 aromatic heterocycles. The molecule has 0 aliphatic heterocycles. The van der Waals surface area contributed by atoms with Gasteiger partial charge >= 0.3 is 0 Å². The van der Waals surface area contributed by atoms with E-state index in [2.05, 4.69) is 35.4 Å². The van der Waals surface area contributed by atoms with E-state index < -0.39 is 0 Å². The maximum atomic E-state index is 5.88. The van der Waals surface area contributed by atoms with Crippen molar-refractivity contribution >= 4 is 5.69 Å². The number of benzene rings is 1. The van der Waals surface area contributed by atoms with Crippen LogP contribution >= 0.6 is 0 Å². The average molecular weight is 271 g/mol. The van der Waals surface area contributed by atoms with Crippen LogP contribution in [0.15, 0.2) is 18.2 Å². The molecular weight excluding hydrogens is 250 g/mol. The standard InChI is InChI=1S/C15H21N5/c1-9-4-7-14(11(9)3)20-15(17-18-19-20)12-5-6-13(16)10(2)8-12/h5-6,8-9,11,14H,4,7,16H2,1-3H3. The van der Waals surface area contributed by atoms with Crippen LogP contribution in [0.5, 0.6) is 0 Å². The van der Waals surface area contributed by atoms with Gasteiger partial charge in [0, 0.05) is 11.3 Å². The Bertz CT molecular complexity index is 618. The van der Waals surface area contributed by atoms with Crippen LogP contribution in [0, 0.1) is 18.8 Å². The van der Waals surface area contributed by atoms with Gasteiger partial charge in [0.2, 0.25) is 0 Å². The fourth-order valence-electron chi connectivity index (χ4n) is 3.11. The Kier molecular flexibility index (Phi) is 3.20. The van der Waals surface area contributed by atoms with Gasteiger partial charge in [-0.25, -0.2) is 4.68 Å². The minimum absolute atomic E-state index is 0.396. The molecule has 1 aromatic carbocycles. The summed E-state index contributed by atoms with van der Waals surface area (Å²) in [4.78, 5) is 0. The van der Waals surface area contributed by atoms with E-state index in [0.717, 1.165) is 35.0 Å². The summed E-state index contributed by atoms with van der Waals surface area (Å²) in [5.41, 5.74) is 8.78. The van der Waals surface area contributed by atoms with Crippen LogP contribution in [-0.4, -0.2) is 20.2 Å². The normalized spacial score (nSPS) is 26.1. The van der Waals surface area contributed by atoms with E-state index in [9.17, 15) is 0 Å². The number of aromatic nitrogens is 4. The Labute approximate surface area is 119 Å². The second kappa shape index (κ2) is 4.89. The highest BCUT2D eigenvalue weighted by Crippen LogP contribution is 2.40. The van der Waals surface area contributed by atoms with Crippen LogP contribution in [0.4, 0.5) is 5.69 Å². The minimum Gasteiger partial charge on any atom is -0.399 e. The van der Waals surface area contributed by atoms with Crippen molar-refractivity contribution in [3.05, 3.63) is 23.8 Å². The zero-order valence-corrected chi connectivity index (χ0v) is 12.2. The third-order valence-electron chi connectivity index (χ3n) is 4.76. The van der Waals surface area contributed by atoms with E-state index in [0.29, 0.717) is 12.0 Å². The number of anilines is 1. The molecule has 1 fully saturated rings. The summed E-state index contributed by atoms with van der Waals surface area (Å²) in [6.45, 7) is 6.61. The predicted octanol–water partition coefficient (Wildman–Crippen LogP) is 2.84. The third-order valence-corrected chi connectivity index (χ3v) is 4.76. The van der Waals surface area contributed by atoms with Gasteiger partial charge in [-0.15, -0.1) is 5.10 Å². The average Bonchev–Trinajstić information content (AvgIpc) is 3.01. The maximum Gasteiger partial charge on any atom is 0.182 e. The van der Waals surface area contributed by atoms with Gasteiger partial charge in [-0.05, 0) is 65.8 Å². The lowest BCUT2D eigenvalue weighted by molar-refractivity contribution is 0.328. The Morgan fingerprint density at radius 1 is 1.25 bits per heavy atom. The first-order valence-electron chi connectivity index (χ1n) is 7.22. The molecule has 3 atom stereocenters. The quantitative estimate of drug-likeness (QED) is 0.853. The van der Waals surface area contributed by atoms with Crippen molar-refractivity contribution in [1.29, 1.82) is 0 Å². The van der Waals surface area contributed by atoms with Gasteiger partial charge in [-0.2, -0.15) is 0 Å². The van der Waals surface area contributed by atoms with Gasteiger partial charge in [-0.1, -0.05) is 13.8 Å². The molecule has 1 aliphatic rings. The number of nitrogens with two attached hydrogens (primary N) is 1. The number of nitrogens with zero attached hydrogens (tertiary/aromatic N) is 4. The highest BCUT2D eigenvalue weighted by Gasteiger charge is 2.33. The summed E-state index contributed by atoms with van der Waals surface area (Å²) < 4.78 is 2.00. The third kappa shape index (κ3) is 2.07. The molecule has 0 amide bonds. The summed E-state index contributed by atoms with van der Waals surface area (Å²) in [5, 5.41) is 12.3. The molecule has 0 radical (unpaired) electrons. The molecule has 3 rings (SSSR count). The van der Waals surface area contributed by atoms with Crippen LogP contribution in [-0.2, 0) is 0 Å². The summed E-state index contributed by atoms with van der Waals surface area (Å²) in [6, 6.07) is 6.37. The lowest BCUT2D eigenvalue weighted by Crippen LogP contribution is -2.17.